The summed E-state index contributed by atoms with van der Waals surface area (Å²) in [6.07, 6.45) is 2.99. The van der Waals surface area contributed by atoms with Crippen molar-refractivity contribution in [3.05, 3.63) is 128 Å². The molecule has 4 aromatic carbocycles. The Labute approximate surface area is 235 Å². The summed E-state index contributed by atoms with van der Waals surface area (Å²) in [7, 11) is 1.52. The van der Waals surface area contributed by atoms with Gasteiger partial charge in [-0.2, -0.15) is 0 Å². The van der Waals surface area contributed by atoms with E-state index in [0.29, 0.717) is 54.5 Å². The molecule has 0 unspecified atom stereocenters. The van der Waals surface area contributed by atoms with Gasteiger partial charge in [0, 0.05) is 37.8 Å². The fourth-order valence-electron chi connectivity index (χ4n) is 3.63. The van der Waals surface area contributed by atoms with E-state index in [1.165, 1.54) is 19.3 Å². The SMILES string of the molecule is COc1cc(C=CC(=O)Nc2ccc(Cl)cc2C(=O)c2ccccc2)ccc1OCc1c(Cl)cccc1Cl. The molecule has 38 heavy (non-hydrogen) atoms. The largest absolute Gasteiger partial charge is 0.493 e. The standard InChI is InChI=1S/C30H22Cl3NO4/c1-37-28-16-19(10-14-27(28)38-18-23-24(32)8-5-9-25(23)33)11-15-29(35)34-26-13-12-21(31)17-22(26)30(36)20-6-3-2-4-7-20/h2-17H,18H2,1H3,(H,34,35). The number of ether oxygens (including phenoxy) is 2. The zero-order valence-electron chi connectivity index (χ0n) is 20.2. The van der Waals surface area contributed by atoms with Gasteiger partial charge in [-0.05, 0) is 54.1 Å². The second kappa shape index (κ2) is 12.7. The van der Waals surface area contributed by atoms with Crippen molar-refractivity contribution in [1.29, 1.82) is 0 Å². The highest BCUT2D eigenvalue weighted by Gasteiger charge is 2.16. The van der Waals surface area contributed by atoms with Crippen LogP contribution in [0.2, 0.25) is 15.1 Å². The van der Waals surface area contributed by atoms with Crippen LogP contribution in [0.1, 0.15) is 27.0 Å². The maximum Gasteiger partial charge on any atom is 0.248 e. The lowest BCUT2D eigenvalue weighted by Gasteiger charge is -2.13. The van der Waals surface area contributed by atoms with Gasteiger partial charge in [-0.25, -0.2) is 0 Å². The Kier molecular flexibility index (Phi) is 9.08. The fourth-order valence-corrected chi connectivity index (χ4v) is 4.31. The first kappa shape index (κ1) is 27.3. The molecule has 8 heteroatoms. The van der Waals surface area contributed by atoms with Crippen molar-refractivity contribution in [2.45, 2.75) is 6.61 Å². The molecule has 0 aliphatic carbocycles. The molecule has 0 heterocycles. The lowest BCUT2D eigenvalue weighted by molar-refractivity contribution is -0.111. The number of halogens is 3. The van der Waals surface area contributed by atoms with E-state index in [0.717, 1.165) is 0 Å². The topological polar surface area (TPSA) is 64.6 Å². The molecule has 1 amide bonds. The number of carbonyl (C=O) groups is 2. The number of amides is 1. The first-order valence-corrected chi connectivity index (χ1v) is 12.6. The molecule has 4 rings (SSSR count). The highest BCUT2D eigenvalue weighted by Crippen LogP contribution is 2.32. The zero-order valence-corrected chi connectivity index (χ0v) is 22.5. The van der Waals surface area contributed by atoms with Crippen LogP contribution in [0.5, 0.6) is 11.5 Å². The van der Waals surface area contributed by atoms with E-state index >= 15 is 0 Å². The zero-order chi connectivity index (χ0) is 27.1. The summed E-state index contributed by atoms with van der Waals surface area (Å²) in [5, 5.41) is 4.18. The van der Waals surface area contributed by atoms with E-state index in [1.54, 1.807) is 78.9 Å². The summed E-state index contributed by atoms with van der Waals surface area (Å²) in [4.78, 5) is 25.7. The average Bonchev–Trinajstić information content (AvgIpc) is 2.93. The molecule has 0 aliphatic heterocycles. The number of hydrogen-bond donors (Lipinski definition) is 1. The quantitative estimate of drug-likeness (QED) is 0.164. The van der Waals surface area contributed by atoms with E-state index in [2.05, 4.69) is 5.32 Å². The Morgan fingerprint density at radius 2 is 1.58 bits per heavy atom. The van der Waals surface area contributed by atoms with Crippen LogP contribution in [0, 0.1) is 0 Å². The molecule has 0 bridgehead atoms. The summed E-state index contributed by atoms with van der Waals surface area (Å²) in [5.41, 5.74) is 2.53. The summed E-state index contributed by atoms with van der Waals surface area (Å²) in [6, 6.07) is 24.0. The minimum Gasteiger partial charge on any atom is -0.493 e. The van der Waals surface area contributed by atoms with Crippen molar-refractivity contribution >= 4 is 58.3 Å². The number of carbonyl (C=O) groups excluding carboxylic acids is 2. The number of anilines is 1. The number of rotatable bonds is 9. The molecular weight excluding hydrogens is 545 g/mol. The second-order valence-corrected chi connectivity index (χ2v) is 9.36. The fraction of sp³-hybridized carbons (Fsp3) is 0.0667. The van der Waals surface area contributed by atoms with Crippen molar-refractivity contribution in [1.82, 2.24) is 0 Å². The normalized spacial score (nSPS) is 10.8. The van der Waals surface area contributed by atoms with Gasteiger partial charge in [-0.15, -0.1) is 0 Å². The Balaban J connectivity index is 1.47. The molecule has 0 aliphatic rings. The van der Waals surface area contributed by atoms with Crippen molar-refractivity contribution < 1.29 is 19.1 Å². The first-order chi connectivity index (χ1) is 18.4. The number of nitrogens with one attached hydrogen (secondary N) is 1. The minimum atomic E-state index is -0.415. The number of methoxy groups -OCH3 is 1. The van der Waals surface area contributed by atoms with E-state index in [9.17, 15) is 9.59 Å². The number of benzene rings is 4. The molecular formula is C30H22Cl3NO4. The lowest BCUT2D eigenvalue weighted by atomic mass is 10.0. The van der Waals surface area contributed by atoms with Crippen LogP contribution in [0.15, 0.2) is 91.0 Å². The summed E-state index contributed by atoms with van der Waals surface area (Å²) < 4.78 is 11.3. The molecule has 0 saturated heterocycles. The number of ketones is 1. The third-order valence-electron chi connectivity index (χ3n) is 5.57. The van der Waals surface area contributed by atoms with Crippen LogP contribution >= 0.6 is 34.8 Å². The smallest absolute Gasteiger partial charge is 0.248 e. The Morgan fingerprint density at radius 3 is 2.29 bits per heavy atom. The molecule has 4 aromatic rings. The molecule has 0 spiro atoms. The Morgan fingerprint density at radius 1 is 0.842 bits per heavy atom. The summed E-state index contributed by atoms with van der Waals surface area (Å²) in [6.45, 7) is 0.164. The second-order valence-electron chi connectivity index (χ2n) is 8.11. The molecule has 5 nitrogen and oxygen atoms in total. The van der Waals surface area contributed by atoms with Gasteiger partial charge < -0.3 is 14.8 Å². The van der Waals surface area contributed by atoms with Crippen LogP contribution in [0.25, 0.3) is 6.08 Å². The predicted molar refractivity (Wildman–Crippen MR) is 153 cm³/mol. The Hall–Kier alpha value is -3.77. The van der Waals surface area contributed by atoms with Gasteiger partial charge in [0.2, 0.25) is 5.91 Å². The van der Waals surface area contributed by atoms with E-state index in [-0.39, 0.29) is 12.4 Å². The van der Waals surface area contributed by atoms with E-state index in [4.69, 9.17) is 44.3 Å². The minimum absolute atomic E-state index is 0.164. The number of hydrogen-bond acceptors (Lipinski definition) is 4. The first-order valence-electron chi connectivity index (χ1n) is 11.5. The van der Waals surface area contributed by atoms with E-state index in [1.807, 2.05) is 6.07 Å². The van der Waals surface area contributed by atoms with Crippen LogP contribution in [0.4, 0.5) is 5.69 Å². The Bertz CT molecular complexity index is 1480. The van der Waals surface area contributed by atoms with Crippen LogP contribution in [-0.2, 0) is 11.4 Å². The lowest BCUT2D eigenvalue weighted by Crippen LogP contribution is -2.12. The van der Waals surface area contributed by atoms with Gasteiger partial charge in [0.25, 0.3) is 0 Å². The molecule has 1 N–H and O–H groups in total. The van der Waals surface area contributed by atoms with Gasteiger partial charge in [0.1, 0.15) is 6.61 Å². The van der Waals surface area contributed by atoms with Gasteiger partial charge >= 0.3 is 0 Å². The van der Waals surface area contributed by atoms with Crippen molar-refractivity contribution in [2.75, 3.05) is 12.4 Å². The van der Waals surface area contributed by atoms with Gasteiger partial charge in [0.05, 0.1) is 12.8 Å². The third-order valence-corrected chi connectivity index (χ3v) is 6.51. The monoisotopic (exact) mass is 565 g/mol. The highest BCUT2D eigenvalue weighted by atomic mass is 35.5. The van der Waals surface area contributed by atoms with E-state index < -0.39 is 5.91 Å². The van der Waals surface area contributed by atoms with Crippen LogP contribution in [0.3, 0.4) is 0 Å². The van der Waals surface area contributed by atoms with Gasteiger partial charge in [-0.3, -0.25) is 9.59 Å². The van der Waals surface area contributed by atoms with Gasteiger partial charge in [0.15, 0.2) is 17.3 Å². The highest BCUT2D eigenvalue weighted by molar-refractivity contribution is 6.36. The third kappa shape index (κ3) is 6.75. The maximum absolute atomic E-state index is 13.0. The maximum atomic E-state index is 13.0. The molecule has 0 radical (unpaired) electrons. The molecule has 192 valence electrons. The van der Waals surface area contributed by atoms with Crippen molar-refractivity contribution in [2.24, 2.45) is 0 Å². The van der Waals surface area contributed by atoms with Crippen molar-refractivity contribution in [3.63, 3.8) is 0 Å². The van der Waals surface area contributed by atoms with Crippen molar-refractivity contribution in [3.8, 4) is 11.5 Å². The van der Waals surface area contributed by atoms with Gasteiger partial charge in [-0.1, -0.05) is 77.3 Å². The van der Waals surface area contributed by atoms with Crippen LogP contribution in [-0.4, -0.2) is 18.8 Å². The van der Waals surface area contributed by atoms with Crippen LogP contribution < -0.4 is 14.8 Å². The molecule has 0 atom stereocenters. The molecule has 0 aromatic heterocycles. The predicted octanol–water partition coefficient (Wildman–Crippen LogP) is 8.12. The summed E-state index contributed by atoms with van der Waals surface area (Å²) in [5.74, 6) is 0.312. The molecule has 0 fully saturated rings. The summed E-state index contributed by atoms with van der Waals surface area (Å²) >= 11 is 18.6. The average molecular weight is 567 g/mol. The molecule has 0 saturated carbocycles.